The number of nitrogens with one attached hydrogen (secondary N) is 3. The van der Waals surface area contributed by atoms with Crippen LogP contribution in [0.4, 0.5) is 0 Å². The number of hydrogen-bond acceptors (Lipinski definition) is 4. The maximum absolute atomic E-state index is 10.6. The van der Waals surface area contributed by atoms with Gasteiger partial charge in [0.05, 0.1) is 7.11 Å². The van der Waals surface area contributed by atoms with Gasteiger partial charge in [0.15, 0.2) is 5.96 Å². The van der Waals surface area contributed by atoms with E-state index in [0.29, 0.717) is 19.4 Å². The first-order valence-corrected chi connectivity index (χ1v) is 4.17. The van der Waals surface area contributed by atoms with Crippen LogP contribution in [0.25, 0.3) is 0 Å². The van der Waals surface area contributed by atoms with E-state index in [1.165, 1.54) is 7.11 Å². The molecule has 7 nitrogen and oxygen atoms in total. The van der Waals surface area contributed by atoms with Crippen molar-refractivity contribution in [3.05, 3.63) is 0 Å². The highest BCUT2D eigenvalue weighted by Crippen LogP contribution is 1.96. The van der Waals surface area contributed by atoms with Crippen LogP contribution in [-0.2, 0) is 9.63 Å². The third-order valence-electron chi connectivity index (χ3n) is 1.54. The summed E-state index contributed by atoms with van der Waals surface area (Å²) < 4.78 is 0. The molecule has 0 amide bonds. The number of carbonyl (C=O) groups is 1. The zero-order chi connectivity index (χ0) is 11.0. The summed E-state index contributed by atoms with van der Waals surface area (Å²) >= 11 is 0. The van der Waals surface area contributed by atoms with E-state index >= 15 is 0 Å². The zero-order valence-corrected chi connectivity index (χ0v) is 8.04. The molecule has 82 valence electrons. The van der Waals surface area contributed by atoms with Gasteiger partial charge >= 0.3 is 5.97 Å². The SMILES string of the molecule is CON[C@@H](CCCNC(=N)N)C(=O)O. The smallest absolute Gasteiger partial charge is 0.323 e. The minimum atomic E-state index is -0.963. The second-order valence-electron chi connectivity index (χ2n) is 2.70. The van der Waals surface area contributed by atoms with Gasteiger partial charge in [0.1, 0.15) is 6.04 Å². The lowest BCUT2D eigenvalue weighted by Crippen LogP contribution is -2.37. The van der Waals surface area contributed by atoms with Crippen LogP contribution in [0.15, 0.2) is 0 Å². The first-order chi connectivity index (χ1) is 6.57. The standard InChI is InChI=1S/C7H16N4O3/c1-14-11-5(6(12)13)3-2-4-10-7(8)9/h5,11H,2-4H2,1H3,(H,12,13)(H4,8,9,10)/t5-/m0/s1. The van der Waals surface area contributed by atoms with Gasteiger partial charge in [0, 0.05) is 6.54 Å². The van der Waals surface area contributed by atoms with Gasteiger partial charge in [-0.2, -0.15) is 5.48 Å². The van der Waals surface area contributed by atoms with Crippen molar-refractivity contribution in [1.29, 1.82) is 5.41 Å². The molecule has 0 aliphatic rings. The molecule has 0 aromatic carbocycles. The van der Waals surface area contributed by atoms with Crippen molar-refractivity contribution >= 4 is 11.9 Å². The molecule has 0 rings (SSSR count). The minimum absolute atomic E-state index is 0.114. The summed E-state index contributed by atoms with van der Waals surface area (Å²) in [5.74, 6) is -1.08. The first-order valence-electron chi connectivity index (χ1n) is 4.17. The molecule has 6 N–H and O–H groups in total. The minimum Gasteiger partial charge on any atom is -0.480 e. The van der Waals surface area contributed by atoms with Crippen LogP contribution < -0.4 is 16.5 Å². The highest BCUT2D eigenvalue weighted by molar-refractivity contribution is 5.74. The second kappa shape index (κ2) is 7.10. The lowest BCUT2D eigenvalue weighted by Gasteiger charge is -2.12. The van der Waals surface area contributed by atoms with Crippen LogP contribution in [0.1, 0.15) is 12.8 Å². The molecule has 14 heavy (non-hydrogen) atoms. The van der Waals surface area contributed by atoms with E-state index in [0.717, 1.165) is 0 Å². The molecular formula is C7H16N4O3. The van der Waals surface area contributed by atoms with E-state index in [2.05, 4.69) is 15.6 Å². The van der Waals surface area contributed by atoms with Gasteiger partial charge in [-0.05, 0) is 12.8 Å². The fraction of sp³-hybridized carbons (Fsp3) is 0.714. The van der Waals surface area contributed by atoms with E-state index in [4.69, 9.17) is 16.2 Å². The molecule has 0 saturated heterocycles. The van der Waals surface area contributed by atoms with Crippen LogP contribution >= 0.6 is 0 Å². The van der Waals surface area contributed by atoms with Crippen molar-refractivity contribution in [3.63, 3.8) is 0 Å². The summed E-state index contributed by atoms with van der Waals surface area (Å²) in [6.45, 7) is 0.477. The Bertz CT molecular complexity index is 197. The maximum Gasteiger partial charge on any atom is 0.323 e. The van der Waals surface area contributed by atoms with Crippen LogP contribution in [-0.4, -0.2) is 36.7 Å². The molecule has 0 aromatic rings. The molecule has 0 fully saturated rings. The van der Waals surface area contributed by atoms with Gasteiger partial charge in [-0.25, -0.2) is 0 Å². The van der Waals surface area contributed by atoms with Crippen LogP contribution in [0, 0.1) is 5.41 Å². The Morgan fingerprint density at radius 2 is 2.36 bits per heavy atom. The summed E-state index contributed by atoms with van der Waals surface area (Å²) in [7, 11) is 1.36. The third kappa shape index (κ3) is 6.21. The Morgan fingerprint density at radius 3 is 2.79 bits per heavy atom. The predicted molar refractivity (Wildman–Crippen MR) is 50.7 cm³/mol. The first kappa shape index (κ1) is 12.7. The average molecular weight is 204 g/mol. The molecule has 0 aromatic heterocycles. The van der Waals surface area contributed by atoms with Crippen LogP contribution in [0.2, 0.25) is 0 Å². The number of guanidine groups is 1. The lowest BCUT2D eigenvalue weighted by atomic mass is 10.2. The van der Waals surface area contributed by atoms with Crippen molar-refractivity contribution < 1.29 is 14.7 Å². The number of carboxylic acid groups (broad SMARTS) is 1. The second-order valence-corrected chi connectivity index (χ2v) is 2.70. The van der Waals surface area contributed by atoms with Gasteiger partial charge in [0.2, 0.25) is 0 Å². The molecule has 1 atom stereocenters. The van der Waals surface area contributed by atoms with Crippen molar-refractivity contribution in [1.82, 2.24) is 10.8 Å². The van der Waals surface area contributed by atoms with E-state index in [1.807, 2.05) is 0 Å². The largest absolute Gasteiger partial charge is 0.480 e. The van der Waals surface area contributed by atoms with E-state index in [9.17, 15) is 4.79 Å². The maximum atomic E-state index is 10.6. The summed E-state index contributed by atoms with van der Waals surface area (Å²) in [5, 5.41) is 18.1. The zero-order valence-electron chi connectivity index (χ0n) is 8.04. The molecule has 0 aliphatic carbocycles. The Hall–Kier alpha value is -1.34. The lowest BCUT2D eigenvalue weighted by molar-refractivity contribution is -0.143. The van der Waals surface area contributed by atoms with Gasteiger partial charge in [-0.1, -0.05) is 0 Å². The topological polar surface area (TPSA) is 120 Å². The van der Waals surface area contributed by atoms with Gasteiger partial charge in [0.25, 0.3) is 0 Å². The molecule has 0 unspecified atom stereocenters. The molecule has 0 radical (unpaired) electrons. The Labute approximate surface area is 82.1 Å². The van der Waals surface area contributed by atoms with Gasteiger partial charge in [-0.3, -0.25) is 10.2 Å². The predicted octanol–water partition coefficient (Wildman–Crippen LogP) is -1.15. The fourth-order valence-corrected chi connectivity index (χ4v) is 0.904. The van der Waals surface area contributed by atoms with Crippen LogP contribution in [0.3, 0.4) is 0 Å². The summed E-state index contributed by atoms with van der Waals surface area (Å²) in [4.78, 5) is 15.1. The number of hydroxylamine groups is 1. The van der Waals surface area contributed by atoms with E-state index < -0.39 is 12.0 Å². The molecule has 0 heterocycles. The molecule has 0 aliphatic heterocycles. The van der Waals surface area contributed by atoms with Crippen molar-refractivity contribution in [3.8, 4) is 0 Å². The van der Waals surface area contributed by atoms with Gasteiger partial charge in [-0.15, -0.1) is 0 Å². The molecule has 0 spiro atoms. The number of rotatable bonds is 7. The summed E-state index contributed by atoms with van der Waals surface area (Å²) in [6.07, 6.45) is 0.996. The van der Waals surface area contributed by atoms with Crippen molar-refractivity contribution in [2.24, 2.45) is 5.73 Å². The highest BCUT2D eigenvalue weighted by atomic mass is 16.6. The fourth-order valence-electron chi connectivity index (χ4n) is 0.904. The molecule has 7 heteroatoms. The number of aliphatic carboxylic acids is 1. The highest BCUT2D eigenvalue weighted by Gasteiger charge is 2.15. The normalized spacial score (nSPS) is 12.1. The van der Waals surface area contributed by atoms with Gasteiger partial charge < -0.3 is 21.0 Å². The average Bonchev–Trinajstić information content (AvgIpc) is 2.09. The monoisotopic (exact) mass is 204 g/mol. The Morgan fingerprint density at radius 1 is 1.71 bits per heavy atom. The Balaban J connectivity index is 3.61. The molecular weight excluding hydrogens is 188 g/mol. The van der Waals surface area contributed by atoms with Crippen LogP contribution in [0.5, 0.6) is 0 Å². The summed E-state index contributed by atoms with van der Waals surface area (Å²) in [5.41, 5.74) is 7.40. The number of carboxylic acids is 1. The van der Waals surface area contributed by atoms with E-state index in [-0.39, 0.29) is 5.96 Å². The van der Waals surface area contributed by atoms with E-state index in [1.54, 1.807) is 0 Å². The quantitative estimate of drug-likeness (QED) is 0.155. The number of nitrogens with two attached hydrogens (primary N) is 1. The Kier molecular flexibility index (Phi) is 6.42. The third-order valence-corrected chi connectivity index (χ3v) is 1.54. The van der Waals surface area contributed by atoms with Crippen molar-refractivity contribution in [2.75, 3.05) is 13.7 Å². The summed E-state index contributed by atoms with van der Waals surface area (Å²) in [6, 6.07) is -0.728. The molecule has 0 saturated carbocycles. The van der Waals surface area contributed by atoms with Crippen molar-refractivity contribution in [2.45, 2.75) is 18.9 Å². The molecule has 0 bridgehead atoms. The number of hydrogen-bond donors (Lipinski definition) is 5.